The van der Waals surface area contributed by atoms with Gasteiger partial charge in [0.25, 0.3) is 0 Å². The van der Waals surface area contributed by atoms with Gasteiger partial charge >= 0.3 is 0 Å². The summed E-state index contributed by atoms with van der Waals surface area (Å²) in [6, 6.07) is 9.27. The lowest BCUT2D eigenvalue weighted by molar-refractivity contribution is 0.112. The molecule has 3 aromatic heterocycles. The number of hydrogen-bond acceptors (Lipinski definition) is 6. The second kappa shape index (κ2) is 8.72. The molecule has 5 rings (SSSR count). The Kier molecular flexibility index (Phi) is 5.90. The molecule has 0 unspecified atom stereocenters. The highest BCUT2D eigenvalue weighted by molar-refractivity contribution is 9.10. The Hall–Kier alpha value is -2.46. The molecule has 166 valence electrons. The number of halogens is 3. The number of aromatic nitrogens is 6. The quantitative estimate of drug-likeness (QED) is 0.220. The average Bonchev–Trinajstić information content (AvgIpc) is 3.39. The van der Waals surface area contributed by atoms with Gasteiger partial charge in [-0.15, -0.1) is 10.2 Å². The highest BCUT2D eigenvalue weighted by atomic mass is 79.9. The highest BCUT2D eigenvalue weighted by Gasteiger charge is 2.20. The second-order valence-corrected chi connectivity index (χ2v) is 10.2. The minimum Gasteiger partial charge on any atom is -0.306 e. The third-order valence-corrected chi connectivity index (χ3v) is 7.25. The van der Waals surface area contributed by atoms with E-state index in [9.17, 15) is 4.79 Å². The molecule has 5 aromatic rings. The Morgan fingerprint density at radius 2 is 1.82 bits per heavy atom. The second-order valence-electron chi connectivity index (χ2n) is 7.56. The van der Waals surface area contributed by atoms with Gasteiger partial charge in [0, 0.05) is 27.7 Å². The highest BCUT2D eigenvalue weighted by Crippen LogP contribution is 2.36. The molecule has 33 heavy (non-hydrogen) atoms. The Bertz CT molecular complexity index is 1550. The largest absolute Gasteiger partial charge is 0.306 e. The molecule has 0 bridgehead atoms. The molecule has 0 aliphatic carbocycles. The van der Waals surface area contributed by atoms with E-state index in [0.717, 1.165) is 21.7 Å². The molecule has 0 radical (unpaired) electrons. The van der Waals surface area contributed by atoms with Crippen molar-refractivity contribution in [2.75, 3.05) is 0 Å². The molecule has 0 N–H and O–H groups in total. The van der Waals surface area contributed by atoms with Crippen molar-refractivity contribution in [1.82, 2.24) is 29.3 Å². The van der Waals surface area contributed by atoms with E-state index < -0.39 is 0 Å². The molecule has 0 aliphatic heterocycles. The number of nitrogens with zero attached hydrogens (tertiary/aromatic N) is 6. The fourth-order valence-corrected chi connectivity index (χ4v) is 5.16. The summed E-state index contributed by atoms with van der Waals surface area (Å²) in [6.45, 7) is 4.10. The van der Waals surface area contributed by atoms with Crippen LogP contribution in [0.1, 0.15) is 30.2 Å². The fourth-order valence-electron chi connectivity index (χ4n) is 3.49. The van der Waals surface area contributed by atoms with E-state index in [1.54, 1.807) is 24.7 Å². The summed E-state index contributed by atoms with van der Waals surface area (Å²) in [5.41, 5.74) is 2.54. The van der Waals surface area contributed by atoms with E-state index in [2.05, 4.69) is 40.0 Å². The minimum absolute atomic E-state index is 0.164. The summed E-state index contributed by atoms with van der Waals surface area (Å²) >= 11 is 17.4. The molecule has 11 heteroatoms. The summed E-state index contributed by atoms with van der Waals surface area (Å²) < 4.78 is 4.69. The molecular formula is C22H15BrCl2N6OS. The SMILES string of the molecule is CC(C)n1cnnc1Sc1nc2cc(Cl)c(Cl)cc2nc1-n1cc(C=O)c2ccc(Br)cc21. The van der Waals surface area contributed by atoms with E-state index in [4.69, 9.17) is 33.2 Å². The number of fused-ring (bicyclic) bond motifs is 2. The topological polar surface area (TPSA) is 78.5 Å². The van der Waals surface area contributed by atoms with Gasteiger partial charge in [-0.05, 0) is 49.9 Å². The Morgan fingerprint density at radius 3 is 2.52 bits per heavy atom. The van der Waals surface area contributed by atoms with E-state index in [1.807, 2.05) is 27.3 Å². The molecule has 0 saturated carbocycles. The Morgan fingerprint density at radius 1 is 1.09 bits per heavy atom. The average molecular weight is 562 g/mol. The van der Waals surface area contributed by atoms with Crippen molar-refractivity contribution in [2.45, 2.75) is 30.1 Å². The zero-order chi connectivity index (χ0) is 23.3. The molecule has 0 saturated heterocycles. The number of carbonyl (C=O) groups is 1. The van der Waals surface area contributed by atoms with Crippen molar-refractivity contribution >= 4 is 79.1 Å². The van der Waals surface area contributed by atoms with Crippen LogP contribution < -0.4 is 0 Å². The van der Waals surface area contributed by atoms with Crippen LogP contribution in [-0.4, -0.2) is 35.6 Å². The molecule has 0 spiro atoms. The number of rotatable bonds is 5. The molecular weight excluding hydrogens is 547 g/mol. The summed E-state index contributed by atoms with van der Waals surface area (Å²) in [5.74, 6) is 0.542. The Labute approximate surface area is 211 Å². The maximum atomic E-state index is 11.8. The first-order valence-corrected chi connectivity index (χ1v) is 12.2. The van der Waals surface area contributed by atoms with E-state index in [0.29, 0.717) is 42.6 Å². The van der Waals surface area contributed by atoms with Crippen molar-refractivity contribution in [3.63, 3.8) is 0 Å². The maximum absolute atomic E-state index is 11.8. The molecule has 0 amide bonds. The first kappa shape index (κ1) is 22.3. The van der Waals surface area contributed by atoms with Crippen molar-refractivity contribution in [2.24, 2.45) is 0 Å². The van der Waals surface area contributed by atoms with Crippen molar-refractivity contribution < 1.29 is 4.79 Å². The molecule has 0 aliphatic rings. The smallest absolute Gasteiger partial charge is 0.197 e. The summed E-state index contributed by atoms with van der Waals surface area (Å²) in [7, 11) is 0. The van der Waals surface area contributed by atoms with Crippen molar-refractivity contribution in [3.05, 3.63) is 62.9 Å². The van der Waals surface area contributed by atoms with Crippen LogP contribution in [0.5, 0.6) is 0 Å². The minimum atomic E-state index is 0.164. The summed E-state index contributed by atoms with van der Waals surface area (Å²) in [5, 5.41) is 11.2. The monoisotopic (exact) mass is 560 g/mol. The van der Waals surface area contributed by atoms with Gasteiger partial charge in [-0.3, -0.25) is 9.36 Å². The molecule has 3 heterocycles. The van der Waals surface area contributed by atoms with Gasteiger partial charge in [0.15, 0.2) is 17.3 Å². The maximum Gasteiger partial charge on any atom is 0.197 e. The normalized spacial score (nSPS) is 11.7. The van der Waals surface area contributed by atoms with Crippen LogP contribution in [0.15, 0.2) is 57.5 Å². The Balaban J connectivity index is 1.80. The van der Waals surface area contributed by atoms with Crippen molar-refractivity contribution in [3.8, 4) is 5.82 Å². The van der Waals surface area contributed by atoms with Crippen LogP contribution in [0.4, 0.5) is 0 Å². The van der Waals surface area contributed by atoms with Gasteiger partial charge in [-0.2, -0.15) is 0 Å². The van der Waals surface area contributed by atoms with Crippen LogP contribution in [0.25, 0.3) is 27.8 Å². The van der Waals surface area contributed by atoms with Gasteiger partial charge in [0.2, 0.25) is 0 Å². The van der Waals surface area contributed by atoms with E-state index in [-0.39, 0.29) is 6.04 Å². The fraction of sp³-hybridized carbons (Fsp3) is 0.136. The lowest BCUT2D eigenvalue weighted by Crippen LogP contribution is -2.05. The number of aldehydes is 1. The van der Waals surface area contributed by atoms with Crippen molar-refractivity contribution in [1.29, 1.82) is 0 Å². The zero-order valence-electron chi connectivity index (χ0n) is 17.3. The summed E-state index contributed by atoms with van der Waals surface area (Å²) in [6.07, 6.45) is 4.28. The van der Waals surface area contributed by atoms with Crippen LogP contribution in [-0.2, 0) is 0 Å². The van der Waals surface area contributed by atoms with Gasteiger partial charge in [0.1, 0.15) is 11.4 Å². The molecule has 7 nitrogen and oxygen atoms in total. The predicted octanol–water partition coefficient (Wildman–Crippen LogP) is 6.78. The third-order valence-electron chi connectivity index (χ3n) is 5.10. The van der Waals surface area contributed by atoms with Crippen LogP contribution >= 0.6 is 50.9 Å². The first-order chi connectivity index (χ1) is 15.9. The van der Waals surface area contributed by atoms with Gasteiger partial charge in [-0.25, -0.2) is 9.97 Å². The standard InChI is InChI=1S/C22H15BrCl2N6OS/c1-11(2)31-10-26-29-22(31)33-21-20(27-17-6-15(24)16(25)7-18(17)28-21)30-8-12(9-32)14-4-3-13(23)5-19(14)30/h3-11H,1-2H3. The molecule has 0 atom stereocenters. The van der Waals surface area contributed by atoms with E-state index >= 15 is 0 Å². The number of benzene rings is 2. The number of carbonyl (C=O) groups excluding carboxylic acids is 1. The molecule has 2 aromatic carbocycles. The number of hydrogen-bond donors (Lipinski definition) is 0. The molecule has 0 fully saturated rings. The summed E-state index contributed by atoms with van der Waals surface area (Å²) in [4.78, 5) is 21.5. The van der Waals surface area contributed by atoms with E-state index in [1.165, 1.54) is 11.8 Å². The predicted molar refractivity (Wildman–Crippen MR) is 134 cm³/mol. The lowest BCUT2D eigenvalue weighted by Gasteiger charge is -2.13. The third kappa shape index (κ3) is 4.03. The van der Waals surface area contributed by atoms with Crippen LogP contribution in [0.3, 0.4) is 0 Å². The van der Waals surface area contributed by atoms with Crippen LogP contribution in [0, 0.1) is 0 Å². The zero-order valence-corrected chi connectivity index (χ0v) is 21.2. The lowest BCUT2D eigenvalue weighted by atomic mass is 10.2. The van der Waals surface area contributed by atoms with Gasteiger partial charge in [0.05, 0.1) is 26.6 Å². The van der Waals surface area contributed by atoms with Gasteiger partial charge in [-0.1, -0.05) is 45.2 Å². The van der Waals surface area contributed by atoms with Gasteiger partial charge < -0.3 is 4.57 Å². The van der Waals surface area contributed by atoms with Crippen LogP contribution in [0.2, 0.25) is 10.0 Å². The first-order valence-electron chi connectivity index (χ1n) is 9.86.